The lowest BCUT2D eigenvalue weighted by Gasteiger charge is -2.11. The summed E-state index contributed by atoms with van der Waals surface area (Å²) in [6, 6.07) is 18.7. The van der Waals surface area contributed by atoms with E-state index < -0.39 is 0 Å². The highest BCUT2D eigenvalue weighted by atomic mass is 16.3. The summed E-state index contributed by atoms with van der Waals surface area (Å²) in [4.78, 5) is 4.89. The second-order valence-corrected chi connectivity index (χ2v) is 7.39. The first-order valence-corrected chi connectivity index (χ1v) is 9.97. The summed E-state index contributed by atoms with van der Waals surface area (Å²) in [5.41, 5.74) is 12.7. The third kappa shape index (κ3) is 4.14. The Morgan fingerprint density at radius 1 is 1.10 bits per heavy atom. The van der Waals surface area contributed by atoms with Gasteiger partial charge in [-0.1, -0.05) is 23.3 Å². The van der Waals surface area contributed by atoms with Crippen molar-refractivity contribution in [2.24, 2.45) is 5.11 Å². The van der Waals surface area contributed by atoms with E-state index in [0.29, 0.717) is 6.54 Å². The largest absolute Gasteiger partial charge is 0.457 e. The van der Waals surface area contributed by atoms with Gasteiger partial charge in [-0.25, -0.2) is 0 Å². The van der Waals surface area contributed by atoms with E-state index in [4.69, 9.17) is 9.95 Å². The highest BCUT2D eigenvalue weighted by Gasteiger charge is 2.11. The number of aryl methyl sites for hydroxylation is 1. The number of nitrogens with zero attached hydrogens (tertiary/aromatic N) is 5. The van der Waals surface area contributed by atoms with E-state index >= 15 is 0 Å². The molecular weight excluding hydrogens is 374 g/mol. The second kappa shape index (κ2) is 8.72. The van der Waals surface area contributed by atoms with Gasteiger partial charge < -0.3 is 9.32 Å². The standard InChI is InChI=1S/C24H24N5O/c1-28(2)20-10-8-19-16-21(30-24(19)17-20)11-9-18-12-15-29(14-5-13-26-27-25)23-7-4-3-6-22(18)23/h3-4,6-12,15-17H,5,13-14H2,1-2H3/q+1. The van der Waals surface area contributed by atoms with Crippen LogP contribution in [0.2, 0.25) is 0 Å². The molecule has 0 unspecified atom stereocenters. The number of hydrogen-bond acceptors (Lipinski definition) is 3. The molecule has 0 aliphatic rings. The van der Waals surface area contributed by atoms with E-state index in [1.807, 2.05) is 32.3 Å². The minimum atomic E-state index is 0.501. The van der Waals surface area contributed by atoms with Crippen LogP contribution in [0.4, 0.5) is 5.69 Å². The van der Waals surface area contributed by atoms with Crippen LogP contribution < -0.4 is 9.47 Å². The first-order valence-electron chi connectivity index (χ1n) is 9.97. The maximum absolute atomic E-state index is 8.44. The Kier molecular flexibility index (Phi) is 5.68. The molecule has 2 heterocycles. The zero-order valence-electron chi connectivity index (χ0n) is 17.2. The first-order chi connectivity index (χ1) is 14.7. The molecular formula is C24H24N5O+. The van der Waals surface area contributed by atoms with Crippen molar-refractivity contribution in [3.8, 4) is 0 Å². The lowest BCUT2D eigenvalue weighted by atomic mass is 10.1. The number of aromatic nitrogens is 1. The molecule has 4 rings (SSSR count). The van der Waals surface area contributed by atoms with E-state index in [0.717, 1.165) is 46.5 Å². The number of benzene rings is 2. The Morgan fingerprint density at radius 3 is 2.80 bits per heavy atom. The number of rotatable bonds is 7. The third-order valence-corrected chi connectivity index (χ3v) is 5.15. The van der Waals surface area contributed by atoms with Crippen molar-refractivity contribution < 1.29 is 8.98 Å². The van der Waals surface area contributed by atoms with Gasteiger partial charge in [0.2, 0.25) is 5.52 Å². The summed E-state index contributed by atoms with van der Waals surface area (Å²) in [6.45, 7) is 1.31. The quantitative estimate of drug-likeness (QED) is 0.130. The smallest absolute Gasteiger partial charge is 0.213 e. The van der Waals surface area contributed by atoms with Gasteiger partial charge in [0, 0.05) is 61.2 Å². The molecule has 0 N–H and O–H groups in total. The Labute approximate surface area is 175 Å². The lowest BCUT2D eigenvalue weighted by molar-refractivity contribution is -0.671. The molecule has 0 amide bonds. The molecule has 0 bridgehead atoms. The number of azide groups is 1. The molecule has 0 radical (unpaired) electrons. The van der Waals surface area contributed by atoms with Gasteiger partial charge in [-0.3, -0.25) is 0 Å². The zero-order valence-corrected chi connectivity index (χ0v) is 17.2. The lowest BCUT2D eigenvalue weighted by Crippen LogP contribution is -2.34. The Morgan fingerprint density at radius 2 is 1.97 bits per heavy atom. The molecule has 4 aromatic rings. The highest BCUT2D eigenvalue weighted by molar-refractivity contribution is 5.90. The SMILES string of the molecule is CN(C)c1ccc2cc(/C=C/c3cc[n+](CCCN=[N+]=[N-])c4ccccc34)oc2c1. The minimum Gasteiger partial charge on any atom is -0.457 e. The number of para-hydroxylation sites is 1. The molecule has 6 nitrogen and oxygen atoms in total. The summed E-state index contributed by atoms with van der Waals surface area (Å²) in [5.74, 6) is 0.830. The van der Waals surface area contributed by atoms with Crippen LogP contribution in [0.1, 0.15) is 17.7 Å². The predicted octanol–water partition coefficient (Wildman–Crippen LogP) is 5.81. The first kappa shape index (κ1) is 19.6. The third-order valence-electron chi connectivity index (χ3n) is 5.15. The van der Waals surface area contributed by atoms with E-state index in [-0.39, 0.29) is 0 Å². The molecule has 30 heavy (non-hydrogen) atoms. The topological polar surface area (TPSA) is 69.0 Å². The Balaban J connectivity index is 1.63. The molecule has 0 spiro atoms. The molecule has 0 aliphatic heterocycles. The van der Waals surface area contributed by atoms with Gasteiger partial charge in [0.1, 0.15) is 17.9 Å². The van der Waals surface area contributed by atoms with Crippen LogP contribution in [0.15, 0.2) is 70.3 Å². The maximum Gasteiger partial charge on any atom is 0.213 e. The van der Waals surface area contributed by atoms with E-state index in [1.165, 1.54) is 5.39 Å². The van der Waals surface area contributed by atoms with E-state index in [9.17, 15) is 0 Å². The Hall–Kier alpha value is -3.76. The van der Waals surface area contributed by atoms with Gasteiger partial charge in [-0.15, -0.1) is 0 Å². The Bertz CT molecular complexity index is 1270. The molecule has 6 heteroatoms. The molecule has 0 saturated heterocycles. The fraction of sp³-hybridized carbons (Fsp3) is 0.208. The van der Waals surface area contributed by atoms with Crippen molar-refractivity contribution >= 4 is 39.7 Å². The van der Waals surface area contributed by atoms with Gasteiger partial charge >= 0.3 is 0 Å². The number of hydrogen-bond donors (Lipinski definition) is 0. The summed E-state index contributed by atoms with van der Waals surface area (Å²) >= 11 is 0. The summed E-state index contributed by atoms with van der Waals surface area (Å²) in [7, 11) is 4.04. The minimum absolute atomic E-state index is 0.501. The van der Waals surface area contributed by atoms with Crippen molar-refractivity contribution in [2.75, 3.05) is 25.5 Å². The van der Waals surface area contributed by atoms with E-state index in [2.05, 4.69) is 74.2 Å². The maximum atomic E-state index is 8.44. The predicted molar refractivity (Wildman–Crippen MR) is 122 cm³/mol. The molecule has 0 saturated carbocycles. The summed E-state index contributed by atoms with van der Waals surface area (Å²) in [6.07, 6.45) is 7.00. The molecule has 2 aromatic heterocycles. The summed E-state index contributed by atoms with van der Waals surface area (Å²) in [5, 5.41) is 5.89. The summed E-state index contributed by atoms with van der Waals surface area (Å²) < 4.78 is 8.23. The normalized spacial score (nSPS) is 11.3. The fourth-order valence-corrected chi connectivity index (χ4v) is 3.58. The number of pyridine rings is 1. The van der Waals surface area contributed by atoms with Crippen molar-refractivity contribution in [3.05, 3.63) is 82.6 Å². The van der Waals surface area contributed by atoms with Gasteiger partial charge in [0.05, 0.1) is 5.39 Å². The molecule has 0 atom stereocenters. The average molecular weight is 398 g/mol. The molecule has 0 fully saturated rings. The number of anilines is 1. The van der Waals surface area contributed by atoms with Crippen molar-refractivity contribution in [1.29, 1.82) is 0 Å². The fourth-order valence-electron chi connectivity index (χ4n) is 3.58. The van der Waals surface area contributed by atoms with Gasteiger partial charge in [0.15, 0.2) is 6.20 Å². The zero-order chi connectivity index (χ0) is 20.9. The van der Waals surface area contributed by atoms with Crippen LogP contribution in [0.25, 0.3) is 44.5 Å². The van der Waals surface area contributed by atoms with Gasteiger partial charge in [0.25, 0.3) is 0 Å². The monoisotopic (exact) mass is 398 g/mol. The average Bonchev–Trinajstić information content (AvgIpc) is 3.18. The number of fused-ring (bicyclic) bond motifs is 2. The van der Waals surface area contributed by atoms with Crippen LogP contribution in [0, 0.1) is 0 Å². The van der Waals surface area contributed by atoms with Crippen LogP contribution in [-0.4, -0.2) is 20.6 Å². The second-order valence-electron chi connectivity index (χ2n) is 7.39. The van der Waals surface area contributed by atoms with Crippen molar-refractivity contribution in [3.63, 3.8) is 0 Å². The van der Waals surface area contributed by atoms with Gasteiger partial charge in [-0.2, -0.15) is 4.57 Å². The van der Waals surface area contributed by atoms with Crippen LogP contribution in [-0.2, 0) is 6.54 Å². The highest BCUT2D eigenvalue weighted by Crippen LogP contribution is 2.26. The van der Waals surface area contributed by atoms with E-state index in [1.54, 1.807) is 0 Å². The van der Waals surface area contributed by atoms with Gasteiger partial charge in [-0.05, 0) is 41.4 Å². The molecule has 150 valence electrons. The van der Waals surface area contributed by atoms with Crippen molar-refractivity contribution in [1.82, 2.24) is 0 Å². The molecule has 0 aliphatic carbocycles. The number of furan rings is 1. The van der Waals surface area contributed by atoms with Crippen LogP contribution in [0.3, 0.4) is 0 Å². The molecule has 2 aromatic carbocycles. The van der Waals surface area contributed by atoms with Crippen molar-refractivity contribution in [2.45, 2.75) is 13.0 Å². The van der Waals surface area contributed by atoms with Crippen LogP contribution >= 0.6 is 0 Å². The van der Waals surface area contributed by atoms with Crippen LogP contribution in [0.5, 0.6) is 0 Å².